The Morgan fingerprint density at radius 2 is 1.75 bits per heavy atom. The molecule has 0 atom stereocenters. The maximum absolute atomic E-state index is 12.6. The molecule has 1 heterocycles. The fourth-order valence-electron chi connectivity index (χ4n) is 3.60. The first-order chi connectivity index (χ1) is 11.6. The van der Waals surface area contributed by atoms with Crippen LogP contribution < -0.4 is 9.62 Å². The minimum absolute atomic E-state index is 0.0981. The largest absolute Gasteiger partial charge is 0.349 e. The Morgan fingerprint density at radius 3 is 2.42 bits per heavy atom. The van der Waals surface area contributed by atoms with Gasteiger partial charge in [-0.15, -0.1) is 0 Å². The number of benzene rings is 1. The van der Waals surface area contributed by atoms with E-state index in [2.05, 4.69) is 5.32 Å². The number of sulfonamides is 1. The van der Waals surface area contributed by atoms with Crippen LogP contribution in [0.25, 0.3) is 0 Å². The molecule has 1 aromatic rings. The Balaban J connectivity index is 1.70. The van der Waals surface area contributed by atoms with Crippen LogP contribution in [0, 0.1) is 0 Å². The van der Waals surface area contributed by atoms with Crippen molar-refractivity contribution < 1.29 is 13.2 Å². The molecular weight excluding hydrogens is 324 g/mol. The van der Waals surface area contributed by atoms with Crippen LogP contribution in [0.4, 0.5) is 5.69 Å². The van der Waals surface area contributed by atoms with E-state index < -0.39 is 10.0 Å². The summed E-state index contributed by atoms with van der Waals surface area (Å²) in [6.07, 6.45) is 8.82. The highest BCUT2D eigenvalue weighted by molar-refractivity contribution is 7.93. The summed E-state index contributed by atoms with van der Waals surface area (Å²) in [6.45, 7) is 0.496. The van der Waals surface area contributed by atoms with Gasteiger partial charge >= 0.3 is 0 Å². The quantitative estimate of drug-likeness (QED) is 0.911. The zero-order valence-corrected chi connectivity index (χ0v) is 14.9. The summed E-state index contributed by atoms with van der Waals surface area (Å²) in [5.74, 6) is 0.0879. The molecule has 1 aliphatic heterocycles. The first-order valence-electron chi connectivity index (χ1n) is 8.98. The number of hydrogen-bond donors (Lipinski definition) is 1. The average molecular weight is 350 g/mol. The number of rotatable bonds is 3. The molecule has 1 saturated carbocycles. The van der Waals surface area contributed by atoms with Crippen molar-refractivity contribution >= 4 is 21.6 Å². The summed E-state index contributed by atoms with van der Waals surface area (Å²) >= 11 is 0. The second kappa shape index (κ2) is 7.55. The fourth-order valence-corrected chi connectivity index (χ4v) is 5.16. The van der Waals surface area contributed by atoms with E-state index in [0.717, 1.165) is 25.7 Å². The van der Waals surface area contributed by atoms with E-state index >= 15 is 0 Å². The Bertz CT molecular complexity index is 679. The van der Waals surface area contributed by atoms with E-state index in [0.29, 0.717) is 24.2 Å². The molecule has 132 valence electrons. The molecular formula is C18H26N2O3S. The third-order valence-corrected chi connectivity index (χ3v) is 6.81. The minimum Gasteiger partial charge on any atom is -0.349 e. The van der Waals surface area contributed by atoms with E-state index in [9.17, 15) is 13.2 Å². The van der Waals surface area contributed by atoms with Gasteiger partial charge in [-0.05, 0) is 37.5 Å². The zero-order valence-electron chi connectivity index (χ0n) is 14.0. The highest BCUT2D eigenvalue weighted by Gasteiger charge is 2.28. The van der Waals surface area contributed by atoms with Crippen LogP contribution in [0.1, 0.15) is 61.7 Å². The summed E-state index contributed by atoms with van der Waals surface area (Å²) in [6, 6.07) is 7.20. The van der Waals surface area contributed by atoms with E-state index in [1.165, 1.54) is 23.6 Å². The molecule has 6 heteroatoms. The van der Waals surface area contributed by atoms with Crippen LogP contribution in [0.2, 0.25) is 0 Å². The van der Waals surface area contributed by atoms with E-state index in [-0.39, 0.29) is 17.7 Å². The van der Waals surface area contributed by atoms with Gasteiger partial charge in [0.2, 0.25) is 10.0 Å². The fraction of sp³-hybridized carbons (Fsp3) is 0.611. The molecule has 0 aromatic heterocycles. The molecule has 1 aliphatic carbocycles. The number of anilines is 1. The van der Waals surface area contributed by atoms with Gasteiger partial charge in [0, 0.05) is 18.2 Å². The maximum atomic E-state index is 12.6. The van der Waals surface area contributed by atoms with Gasteiger partial charge in [0.05, 0.1) is 11.4 Å². The second-order valence-corrected chi connectivity index (χ2v) is 8.82. The monoisotopic (exact) mass is 350 g/mol. The van der Waals surface area contributed by atoms with Crippen molar-refractivity contribution in [3.8, 4) is 0 Å². The molecule has 0 bridgehead atoms. The lowest BCUT2D eigenvalue weighted by atomic mass is 9.96. The summed E-state index contributed by atoms with van der Waals surface area (Å²) in [7, 11) is -3.22. The van der Waals surface area contributed by atoms with Crippen molar-refractivity contribution in [3.05, 3.63) is 29.8 Å². The molecule has 1 amide bonds. The molecule has 2 aliphatic rings. The summed E-state index contributed by atoms with van der Waals surface area (Å²) < 4.78 is 25.5. The second-order valence-electron chi connectivity index (χ2n) is 6.81. The minimum atomic E-state index is -3.22. The highest BCUT2D eigenvalue weighted by Crippen LogP contribution is 2.25. The van der Waals surface area contributed by atoms with Crippen molar-refractivity contribution in [1.29, 1.82) is 0 Å². The van der Waals surface area contributed by atoms with Crippen LogP contribution in [-0.4, -0.2) is 32.7 Å². The Labute approximate surface area is 144 Å². The summed E-state index contributed by atoms with van der Waals surface area (Å²) in [5.41, 5.74) is 1.13. The van der Waals surface area contributed by atoms with Gasteiger partial charge in [-0.3, -0.25) is 9.10 Å². The smallest absolute Gasteiger partial charge is 0.251 e. The van der Waals surface area contributed by atoms with E-state index in [4.69, 9.17) is 0 Å². The number of nitrogens with one attached hydrogen (secondary N) is 1. The third kappa shape index (κ3) is 4.09. The maximum Gasteiger partial charge on any atom is 0.251 e. The lowest BCUT2D eigenvalue weighted by molar-refractivity contribution is 0.0930. The van der Waals surface area contributed by atoms with Gasteiger partial charge in [-0.1, -0.05) is 38.2 Å². The number of hydrogen-bond acceptors (Lipinski definition) is 3. The number of carbonyl (C=O) groups is 1. The topological polar surface area (TPSA) is 66.5 Å². The van der Waals surface area contributed by atoms with Crippen molar-refractivity contribution in [2.24, 2.45) is 0 Å². The first-order valence-corrected chi connectivity index (χ1v) is 10.6. The van der Waals surface area contributed by atoms with Crippen molar-refractivity contribution in [3.63, 3.8) is 0 Å². The first kappa shape index (κ1) is 17.3. The van der Waals surface area contributed by atoms with Gasteiger partial charge in [0.15, 0.2) is 0 Å². The van der Waals surface area contributed by atoms with Crippen LogP contribution in [0.3, 0.4) is 0 Å². The molecule has 0 spiro atoms. The van der Waals surface area contributed by atoms with E-state index in [1.54, 1.807) is 24.3 Å². The average Bonchev–Trinajstić information content (AvgIpc) is 2.89. The highest BCUT2D eigenvalue weighted by atomic mass is 32.2. The Morgan fingerprint density at radius 1 is 1.04 bits per heavy atom. The van der Waals surface area contributed by atoms with E-state index in [1.807, 2.05) is 0 Å². The lowest BCUT2D eigenvalue weighted by Crippen LogP contribution is -2.35. The Hall–Kier alpha value is -1.56. The van der Waals surface area contributed by atoms with Crippen LogP contribution in [0.5, 0.6) is 0 Å². The van der Waals surface area contributed by atoms with Crippen LogP contribution >= 0.6 is 0 Å². The van der Waals surface area contributed by atoms with Crippen LogP contribution in [0.15, 0.2) is 24.3 Å². The molecule has 2 fully saturated rings. The lowest BCUT2D eigenvalue weighted by Gasteiger charge is -2.22. The number of amides is 1. The summed E-state index contributed by atoms with van der Waals surface area (Å²) in [5, 5.41) is 3.13. The molecule has 0 radical (unpaired) electrons. The predicted molar refractivity (Wildman–Crippen MR) is 95.8 cm³/mol. The Kier molecular flexibility index (Phi) is 5.43. The predicted octanol–water partition coefficient (Wildman–Crippen LogP) is 3.07. The van der Waals surface area contributed by atoms with Gasteiger partial charge < -0.3 is 5.32 Å². The van der Waals surface area contributed by atoms with Crippen molar-refractivity contribution in [1.82, 2.24) is 5.32 Å². The van der Waals surface area contributed by atoms with Crippen molar-refractivity contribution in [2.45, 2.75) is 57.4 Å². The third-order valence-electron chi connectivity index (χ3n) is 4.94. The standard InChI is InChI=1S/C18H26N2O3S/c21-18(19-16-9-4-2-1-3-5-10-16)15-8-6-11-17(14-15)20-12-7-13-24(20,22)23/h6,8,11,14,16H,1-5,7,9-10,12-13H2,(H,19,21). The molecule has 1 saturated heterocycles. The SMILES string of the molecule is O=C(NC1CCCCCCC1)c1cccc(N2CCCS2(=O)=O)c1. The molecule has 1 aromatic carbocycles. The molecule has 3 rings (SSSR count). The summed E-state index contributed by atoms with van der Waals surface area (Å²) in [4.78, 5) is 12.6. The molecule has 1 N–H and O–H groups in total. The van der Waals surface area contributed by atoms with Crippen molar-refractivity contribution in [2.75, 3.05) is 16.6 Å². The van der Waals surface area contributed by atoms with Crippen LogP contribution in [-0.2, 0) is 10.0 Å². The molecule has 24 heavy (non-hydrogen) atoms. The molecule has 5 nitrogen and oxygen atoms in total. The number of carbonyl (C=O) groups excluding carboxylic acids is 1. The van der Waals surface area contributed by atoms with Gasteiger partial charge in [-0.2, -0.15) is 0 Å². The molecule has 0 unspecified atom stereocenters. The van der Waals surface area contributed by atoms with Gasteiger partial charge in [0.1, 0.15) is 0 Å². The van der Waals surface area contributed by atoms with Gasteiger partial charge in [0.25, 0.3) is 5.91 Å². The zero-order chi connectivity index (χ0) is 17.0. The van der Waals surface area contributed by atoms with Gasteiger partial charge in [-0.25, -0.2) is 8.42 Å². The normalized spacial score (nSPS) is 21.9. The number of nitrogens with zero attached hydrogens (tertiary/aromatic N) is 1.